The fraction of sp³-hybridized carbons (Fsp3) is 0.429. The summed E-state index contributed by atoms with van der Waals surface area (Å²) in [4.78, 5) is 18.6. The molecule has 7 nitrogen and oxygen atoms in total. The SMILES string of the molecule is Cc1cncc(C(=O)N[C@@H]2C[C@@H](Oc3ccccc3)[C@H](O)[C@H]2N(C)CCO)c1. The van der Waals surface area contributed by atoms with E-state index in [0.717, 1.165) is 5.56 Å². The van der Waals surface area contributed by atoms with E-state index in [4.69, 9.17) is 4.74 Å². The van der Waals surface area contributed by atoms with E-state index < -0.39 is 12.2 Å². The van der Waals surface area contributed by atoms with Crippen LogP contribution in [0.15, 0.2) is 48.8 Å². The predicted octanol–water partition coefficient (Wildman–Crippen LogP) is 0.993. The largest absolute Gasteiger partial charge is 0.488 e. The van der Waals surface area contributed by atoms with Crippen molar-refractivity contribution in [2.24, 2.45) is 0 Å². The number of carbonyl (C=O) groups excluding carboxylic acids is 1. The summed E-state index contributed by atoms with van der Waals surface area (Å²) in [6.45, 7) is 2.23. The van der Waals surface area contributed by atoms with Crippen LogP contribution in [0.25, 0.3) is 0 Å². The number of amides is 1. The average Bonchev–Trinajstić information content (AvgIpc) is 2.97. The summed E-state index contributed by atoms with van der Waals surface area (Å²) in [5.41, 5.74) is 1.38. The highest BCUT2D eigenvalue weighted by Gasteiger charge is 2.46. The summed E-state index contributed by atoms with van der Waals surface area (Å²) in [6.07, 6.45) is 2.41. The average molecular weight is 385 g/mol. The van der Waals surface area contributed by atoms with Crippen LogP contribution in [0.3, 0.4) is 0 Å². The molecule has 4 atom stereocenters. The summed E-state index contributed by atoms with van der Waals surface area (Å²) < 4.78 is 5.98. The molecule has 1 heterocycles. The Morgan fingerprint density at radius 2 is 2.07 bits per heavy atom. The van der Waals surface area contributed by atoms with Gasteiger partial charge < -0.3 is 20.3 Å². The van der Waals surface area contributed by atoms with Crippen molar-refractivity contribution < 1.29 is 19.7 Å². The number of nitrogens with zero attached hydrogens (tertiary/aromatic N) is 2. The summed E-state index contributed by atoms with van der Waals surface area (Å²) >= 11 is 0. The summed E-state index contributed by atoms with van der Waals surface area (Å²) in [5, 5.41) is 23.2. The van der Waals surface area contributed by atoms with E-state index in [0.29, 0.717) is 24.3 Å². The number of aryl methyl sites for hydroxylation is 1. The molecule has 150 valence electrons. The van der Waals surface area contributed by atoms with Gasteiger partial charge >= 0.3 is 0 Å². The fourth-order valence-corrected chi connectivity index (χ4v) is 3.73. The lowest BCUT2D eigenvalue weighted by Gasteiger charge is -2.31. The summed E-state index contributed by atoms with van der Waals surface area (Å²) in [7, 11) is 1.82. The first kappa shape index (κ1) is 20.3. The summed E-state index contributed by atoms with van der Waals surface area (Å²) in [5.74, 6) is 0.432. The molecule has 3 N–H and O–H groups in total. The van der Waals surface area contributed by atoms with E-state index in [2.05, 4.69) is 10.3 Å². The zero-order valence-corrected chi connectivity index (χ0v) is 16.2. The first-order valence-corrected chi connectivity index (χ1v) is 9.43. The molecule has 1 aliphatic rings. The van der Waals surface area contributed by atoms with Crippen molar-refractivity contribution in [1.29, 1.82) is 0 Å². The van der Waals surface area contributed by atoms with Crippen molar-refractivity contribution in [3.63, 3.8) is 0 Å². The van der Waals surface area contributed by atoms with Gasteiger partial charge in [-0.3, -0.25) is 14.7 Å². The van der Waals surface area contributed by atoms with E-state index in [-0.39, 0.29) is 24.6 Å². The Balaban J connectivity index is 1.77. The Kier molecular flexibility index (Phi) is 6.61. The number of carbonyl (C=O) groups is 1. The van der Waals surface area contributed by atoms with Crippen molar-refractivity contribution >= 4 is 5.91 Å². The highest BCUT2D eigenvalue weighted by molar-refractivity contribution is 5.94. The Labute approximate surface area is 165 Å². The van der Waals surface area contributed by atoms with Gasteiger partial charge in [-0.25, -0.2) is 0 Å². The second-order valence-corrected chi connectivity index (χ2v) is 7.22. The standard InChI is InChI=1S/C21H27N3O4/c1-14-10-15(13-22-12-14)21(27)23-17-11-18(28-16-6-4-3-5-7-16)20(26)19(17)24(2)8-9-25/h3-7,10,12-13,17-20,25-26H,8-9,11H2,1-2H3,(H,23,27)/t17-,18-,19+,20+/m1/s1. The molecule has 1 aliphatic carbocycles. The van der Waals surface area contributed by atoms with Crippen LogP contribution in [0.2, 0.25) is 0 Å². The molecule has 1 aromatic carbocycles. The van der Waals surface area contributed by atoms with Gasteiger partial charge in [0.15, 0.2) is 0 Å². The van der Waals surface area contributed by atoms with Crippen LogP contribution in [-0.2, 0) is 0 Å². The van der Waals surface area contributed by atoms with Crippen LogP contribution < -0.4 is 10.1 Å². The van der Waals surface area contributed by atoms with Crippen LogP contribution in [0, 0.1) is 6.92 Å². The molecular formula is C21H27N3O4. The molecule has 0 radical (unpaired) electrons. The van der Waals surface area contributed by atoms with Gasteiger partial charge in [-0.05, 0) is 37.7 Å². The maximum absolute atomic E-state index is 12.7. The van der Waals surface area contributed by atoms with Crippen molar-refractivity contribution in [1.82, 2.24) is 15.2 Å². The topological polar surface area (TPSA) is 94.9 Å². The zero-order chi connectivity index (χ0) is 20.1. The fourth-order valence-electron chi connectivity index (χ4n) is 3.73. The number of aliphatic hydroxyl groups is 2. The van der Waals surface area contributed by atoms with Crippen LogP contribution in [0.1, 0.15) is 22.3 Å². The molecule has 0 saturated heterocycles. The molecule has 0 unspecified atom stereocenters. The highest BCUT2D eigenvalue weighted by atomic mass is 16.5. The Morgan fingerprint density at radius 3 is 2.75 bits per heavy atom. The third-order valence-corrected chi connectivity index (χ3v) is 5.08. The minimum atomic E-state index is -0.808. The molecule has 0 spiro atoms. The number of likely N-dealkylation sites (N-methyl/N-ethyl adjacent to an activating group) is 1. The maximum atomic E-state index is 12.7. The number of hydrogen-bond donors (Lipinski definition) is 3. The first-order chi connectivity index (χ1) is 13.5. The third-order valence-electron chi connectivity index (χ3n) is 5.08. The number of aliphatic hydroxyl groups excluding tert-OH is 2. The van der Waals surface area contributed by atoms with Crippen LogP contribution >= 0.6 is 0 Å². The van der Waals surface area contributed by atoms with Crippen LogP contribution in [0.5, 0.6) is 5.75 Å². The van der Waals surface area contributed by atoms with Gasteiger partial charge in [0.05, 0.1) is 24.3 Å². The minimum absolute atomic E-state index is 0.0353. The zero-order valence-electron chi connectivity index (χ0n) is 16.2. The normalized spacial score (nSPS) is 24.3. The smallest absolute Gasteiger partial charge is 0.253 e. The Hall–Kier alpha value is -2.48. The van der Waals surface area contributed by atoms with Crippen molar-refractivity contribution in [2.75, 3.05) is 20.2 Å². The predicted molar refractivity (Wildman–Crippen MR) is 105 cm³/mol. The number of hydrogen-bond acceptors (Lipinski definition) is 6. The Bertz CT molecular complexity index is 786. The molecule has 1 saturated carbocycles. The minimum Gasteiger partial charge on any atom is -0.488 e. The number of para-hydroxylation sites is 1. The van der Waals surface area contributed by atoms with E-state index >= 15 is 0 Å². The lowest BCUT2D eigenvalue weighted by molar-refractivity contribution is 0.0110. The number of pyridine rings is 1. The number of benzene rings is 1. The molecule has 3 rings (SSSR count). The van der Waals surface area contributed by atoms with Crippen LogP contribution in [-0.4, -0.2) is 70.5 Å². The van der Waals surface area contributed by atoms with Crippen molar-refractivity contribution in [3.05, 3.63) is 59.9 Å². The molecule has 0 aliphatic heterocycles. The highest BCUT2D eigenvalue weighted by Crippen LogP contribution is 2.29. The van der Waals surface area contributed by atoms with Crippen molar-refractivity contribution in [2.45, 2.75) is 37.6 Å². The van der Waals surface area contributed by atoms with Gasteiger partial charge in [-0.15, -0.1) is 0 Å². The second-order valence-electron chi connectivity index (χ2n) is 7.22. The quantitative estimate of drug-likeness (QED) is 0.658. The lowest BCUT2D eigenvalue weighted by Crippen LogP contribution is -2.52. The molecule has 0 bridgehead atoms. The van der Waals surface area contributed by atoms with Gasteiger partial charge in [0.25, 0.3) is 5.91 Å². The van der Waals surface area contributed by atoms with Crippen molar-refractivity contribution in [3.8, 4) is 5.75 Å². The number of aromatic nitrogens is 1. The molecule has 1 aromatic heterocycles. The van der Waals surface area contributed by atoms with Gasteiger partial charge in [-0.2, -0.15) is 0 Å². The third kappa shape index (κ3) is 4.67. The molecule has 1 amide bonds. The molecule has 7 heteroatoms. The van der Waals surface area contributed by atoms with Crippen LogP contribution in [0.4, 0.5) is 0 Å². The maximum Gasteiger partial charge on any atom is 0.253 e. The van der Waals surface area contributed by atoms with E-state index in [1.165, 1.54) is 6.20 Å². The van der Waals surface area contributed by atoms with Gasteiger partial charge in [0, 0.05) is 25.4 Å². The van der Waals surface area contributed by atoms with Gasteiger partial charge in [0.1, 0.15) is 18.0 Å². The number of rotatable bonds is 7. The molecule has 28 heavy (non-hydrogen) atoms. The van der Waals surface area contributed by atoms with E-state index in [9.17, 15) is 15.0 Å². The second kappa shape index (κ2) is 9.14. The van der Waals surface area contributed by atoms with E-state index in [1.807, 2.05) is 49.2 Å². The molecular weight excluding hydrogens is 358 g/mol. The Morgan fingerprint density at radius 1 is 1.32 bits per heavy atom. The molecule has 1 fully saturated rings. The number of nitrogens with one attached hydrogen (secondary N) is 1. The summed E-state index contributed by atoms with van der Waals surface area (Å²) in [6, 6.07) is 10.4. The first-order valence-electron chi connectivity index (χ1n) is 9.43. The monoisotopic (exact) mass is 385 g/mol. The van der Waals surface area contributed by atoms with Gasteiger partial charge in [-0.1, -0.05) is 18.2 Å². The lowest BCUT2D eigenvalue weighted by atomic mass is 10.1. The van der Waals surface area contributed by atoms with E-state index in [1.54, 1.807) is 12.3 Å². The van der Waals surface area contributed by atoms with Gasteiger partial charge in [0.2, 0.25) is 0 Å². The molecule has 2 aromatic rings. The number of ether oxygens (including phenoxy) is 1.